The van der Waals surface area contributed by atoms with Crippen LogP contribution in [0.1, 0.15) is 41.0 Å². The molecule has 36 heavy (non-hydrogen) atoms. The summed E-state index contributed by atoms with van der Waals surface area (Å²) in [7, 11) is 0. The van der Waals surface area contributed by atoms with Crippen LogP contribution in [0.4, 0.5) is 0 Å². The van der Waals surface area contributed by atoms with Crippen molar-refractivity contribution in [3.63, 3.8) is 0 Å². The number of fused-ring (bicyclic) bond motifs is 4. The summed E-state index contributed by atoms with van der Waals surface area (Å²) < 4.78 is 5.97. The third-order valence-corrected chi connectivity index (χ3v) is 7.59. The SMILES string of the molecule is C/C=C/C=C/C(O)=C1\C(O)=C(C)C(=O)[C@@]2(C)O[C@]3(O)C(C(O)=C4C(=O)C[C@@H](/C=C/C)N=C4[C@]3(C)O)[C@@H]12. The van der Waals surface area contributed by atoms with E-state index < -0.39 is 63.7 Å². The fraction of sp³-hybridized carbons (Fsp3) is 0.444. The second kappa shape index (κ2) is 8.40. The van der Waals surface area contributed by atoms with E-state index in [9.17, 15) is 35.1 Å². The van der Waals surface area contributed by atoms with Crippen molar-refractivity contribution in [3.8, 4) is 0 Å². The van der Waals surface area contributed by atoms with E-state index in [-0.39, 0.29) is 28.9 Å². The molecule has 9 nitrogen and oxygen atoms in total. The first-order valence-corrected chi connectivity index (χ1v) is 11.8. The van der Waals surface area contributed by atoms with Crippen LogP contribution in [0.25, 0.3) is 0 Å². The van der Waals surface area contributed by atoms with Crippen LogP contribution in [0.3, 0.4) is 0 Å². The number of carbonyl (C=O) groups excluding carboxylic acids is 2. The van der Waals surface area contributed by atoms with Gasteiger partial charge >= 0.3 is 0 Å². The van der Waals surface area contributed by atoms with Gasteiger partial charge in [0, 0.05) is 23.5 Å². The van der Waals surface area contributed by atoms with Crippen molar-refractivity contribution >= 4 is 17.3 Å². The molecule has 192 valence electrons. The first-order valence-electron chi connectivity index (χ1n) is 11.8. The Morgan fingerprint density at radius 1 is 1.08 bits per heavy atom. The lowest BCUT2D eigenvalue weighted by atomic mass is 9.61. The van der Waals surface area contributed by atoms with Crippen LogP contribution in [0, 0.1) is 11.8 Å². The Balaban J connectivity index is 2.05. The summed E-state index contributed by atoms with van der Waals surface area (Å²) in [5, 5.41) is 56.9. The minimum atomic E-state index is -2.63. The molecule has 1 unspecified atom stereocenters. The van der Waals surface area contributed by atoms with Gasteiger partial charge in [-0.25, -0.2) is 0 Å². The predicted molar refractivity (Wildman–Crippen MR) is 131 cm³/mol. The number of carbonyl (C=O) groups is 2. The average Bonchev–Trinajstić information content (AvgIpc) is 3.06. The van der Waals surface area contributed by atoms with Gasteiger partial charge in [-0.1, -0.05) is 30.4 Å². The highest BCUT2D eigenvalue weighted by Crippen LogP contribution is 2.62. The molecule has 2 aliphatic carbocycles. The van der Waals surface area contributed by atoms with E-state index in [4.69, 9.17) is 4.74 Å². The first kappa shape index (κ1) is 25.8. The third kappa shape index (κ3) is 3.23. The zero-order valence-electron chi connectivity index (χ0n) is 20.8. The van der Waals surface area contributed by atoms with Gasteiger partial charge in [0.1, 0.15) is 22.9 Å². The lowest BCUT2D eigenvalue weighted by molar-refractivity contribution is -0.290. The molecular weight excluding hydrogens is 466 g/mol. The maximum Gasteiger partial charge on any atom is 0.212 e. The summed E-state index contributed by atoms with van der Waals surface area (Å²) >= 11 is 0. The van der Waals surface area contributed by atoms with Gasteiger partial charge in [-0.3, -0.25) is 14.6 Å². The largest absolute Gasteiger partial charge is 0.511 e. The molecule has 1 fully saturated rings. The maximum absolute atomic E-state index is 13.4. The monoisotopic (exact) mass is 497 g/mol. The average molecular weight is 498 g/mol. The van der Waals surface area contributed by atoms with Crippen molar-refractivity contribution in [1.82, 2.24) is 0 Å². The van der Waals surface area contributed by atoms with Gasteiger partial charge < -0.3 is 30.3 Å². The summed E-state index contributed by atoms with van der Waals surface area (Å²) in [5.41, 5.74) is -5.03. The van der Waals surface area contributed by atoms with Crippen LogP contribution in [-0.4, -0.2) is 65.8 Å². The van der Waals surface area contributed by atoms with Gasteiger partial charge in [-0.2, -0.15) is 0 Å². The first-order chi connectivity index (χ1) is 16.8. The number of ether oxygens (including phenoxy) is 1. The van der Waals surface area contributed by atoms with Crippen molar-refractivity contribution < 1.29 is 39.9 Å². The molecule has 0 radical (unpaired) electrons. The zero-order valence-corrected chi connectivity index (χ0v) is 20.8. The van der Waals surface area contributed by atoms with Gasteiger partial charge in [0.2, 0.25) is 5.79 Å². The number of allylic oxidation sites excluding steroid dienone is 6. The van der Waals surface area contributed by atoms with Crippen molar-refractivity contribution in [3.05, 3.63) is 70.5 Å². The number of rotatable bonds is 3. The molecule has 6 atom stereocenters. The molecule has 0 aromatic carbocycles. The predicted octanol–water partition coefficient (Wildman–Crippen LogP) is 2.99. The van der Waals surface area contributed by atoms with Crippen molar-refractivity contribution in [1.29, 1.82) is 0 Å². The lowest BCUT2D eigenvalue weighted by Crippen LogP contribution is -2.66. The fourth-order valence-corrected chi connectivity index (χ4v) is 5.82. The van der Waals surface area contributed by atoms with Crippen LogP contribution < -0.4 is 0 Å². The number of Topliss-reactive ketones (excluding diaryl/α,β-unsaturated/α-hetero) is 2. The molecule has 0 amide bonds. The van der Waals surface area contributed by atoms with Gasteiger partial charge in [0.25, 0.3) is 0 Å². The molecule has 0 spiro atoms. The van der Waals surface area contributed by atoms with Crippen molar-refractivity contribution in [2.75, 3.05) is 0 Å². The number of aliphatic hydroxyl groups excluding tert-OH is 3. The van der Waals surface area contributed by atoms with E-state index in [0.717, 1.165) is 0 Å². The Hall–Kier alpha value is -3.27. The smallest absolute Gasteiger partial charge is 0.212 e. The second-order valence-electron chi connectivity index (χ2n) is 9.88. The minimum Gasteiger partial charge on any atom is -0.511 e. The highest BCUT2D eigenvalue weighted by atomic mass is 16.7. The second-order valence-corrected chi connectivity index (χ2v) is 9.88. The number of hydrogen-bond acceptors (Lipinski definition) is 9. The fourth-order valence-electron chi connectivity index (χ4n) is 5.82. The topological polar surface area (TPSA) is 157 Å². The van der Waals surface area contributed by atoms with Gasteiger partial charge in [0.05, 0.1) is 23.2 Å². The van der Waals surface area contributed by atoms with Gasteiger partial charge in [-0.05, 0) is 40.7 Å². The number of ketones is 2. The molecular formula is C27H31NO8. The molecule has 1 saturated heterocycles. The van der Waals surface area contributed by atoms with Crippen LogP contribution in [0.2, 0.25) is 0 Å². The Labute approximate surface area is 208 Å². The van der Waals surface area contributed by atoms with E-state index in [1.54, 1.807) is 38.2 Å². The normalized spacial score (nSPS) is 40.3. The molecule has 9 heteroatoms. The summed E-state index contributed by atoms with van der Waals surface area (Å²) in [6, 6.07) is -0.620. The van der Waals surface area contributed by atoms with Crippen LogP contribution in [-0.2, 0) is 14.3 Å². The molecule has 2 aliphatic heterocycles. The van der Waals surface area contributed by atoms with E-state index in [0.29, 0.717) is 0 Å². The van der Waals surface area contributed by atoms with Crippen LogP contribution >= 0.6 is 0 Å². The Bertz CT molecular complexity index is 1260. The number of aliphatic imine (C=N–C) groups is 1. The minimum absolute atomic E-state index is 0.0690. The molecule has 4 aliphatic rings. The Morgan fingerprint density at radius 2 is 1.75 bits per heavy atom. The molecule has 0 saturated carbocycles. The maximum atomic E-state index is 13.4. The van der Waals surface area contributed by atoms with E-state index in [1.165, 1.54) is 32.9 Å². The summed E-state index contributed by atoms with van der Waals surface area (Å²) in [4.78, 5) is 31.0. The molecule has 5 N–H and O–H groups in total. The highest BCUT2D eigenvalue weighted by molar-refractivity contribution is 6.28. The number of hydrogen-bond donors (Lipinski definition) is 5. The quantitative estimate of drug-likeness (QED) is 0.226. The zero-order chi connectivity index (χ0) is 26.8. The van der Waals surface area contributed by atoms with Crippen LogP contribution in [0.5, 0.6) is 0 Å². The number of aliphatic hydroxyl groups is 5. The number of nitrogens with zero attached hydrogens (tertiary/aromatic N) is 1. The standard InChI is InChI=1S/C27H31NO8/c1-6-8-9-11-15(29)17-19-20-22(32)18-16(30)12-14(10-7-2)28-23(18)26(5,34)27(20,35)36-25(19,4)24(33)13(3)21(17)31/h6-11,14,19-20,29,31-32,34-35H,12H2,1-5H3/b8-6+,10-7+,11-9+,17-15+/t14-,19-,20?,25+,26+,27-/m1/s1. The van der Waals surface area contributed by atoms with Crippen molar-refractivity contribution in [2.45, 2.75) is 64.1 Å². The lowest BCUT2D eigenvalue weighted by Gasteiger charge is -2.47. The summed E-state index contributed by atoms with van der Waals surface area (Å²) in [6.07, 6.45) is 9.43. The Kier molecular flexibility index (Phi) is 6.02. The molecule has 0 bridgehead atoms. The molecule has 0 aromatic heterocycles. The van der Waals surface area contributed by atoms with E-state index >= 15 is 0 Å². The molecule has 0 aromatic rings. The third-order valence-electron chi connectivity index (χ3n) is 7.59. The van der Waals surface area contributed by atoms with Gasteiger partial charge in [0.15, 0.2) is 17.2 Å². The van der Waals surface area contributed by atoms with E-state index in [2.05, 4.69) is 4.99 Å². The molecule has 4 rings (SSSR count). The summed E-state index contributed by atoms with van der Waals surface area (Å²) in [6.45, 7) is 7.44. The van der Waals surface area contributed by atoms with Crippen LogP contribution in [0.15, 0.2) is 75.4 Å². The molecule has 2 heterocycles. The van der Waals surface area contributed by atoms with Gasteiger partial charge in [-0.15, -0.1) is 0 Å². The van der Waals surface area contributed by atoms with Crippen molar-refractivity contribution in [2.24, 2.45) is 16.8 Å². The summed E-state index contributed by atoms with van der Waals surface area (Å²) in [5.74, 6) is -8.34. The Morgan fingerprint density at radius 3 is 2.36 bits per heavy atom. The highest BCUT2D eigenvalue weighted by Gasteiger charge is 2.76. The van der Waals surface area contributed by atoms with E-state index in [1.807, 2.05) is 0 Å².